The minimum atomic E-state index is -0.776. The maximum absolute atomic E-state index is 13.2. The molecule has 2 saturated carbocycles. The van der Waals surface area contributed by atoms with Crippen molar-refractivity contribution < 1.29 is 18.4 Å². The zero-order chi connectivity index (χ0) is 18.5. The number of benzene rings is 1. The van der Waals surface area contributed by atoms with Crippen LogP contribution in [0.25, 0.3) is 0 Å². The molecule has 142 valence electrons. The molecule has 2 aliphatic rings. The first-order valence-corrected chi connectivity index (χ1v) is 9.51. The summed E-state index contributed by atoms with van der Waals surface area (Å²) in [5.74, 6) is -0.410. The highest BCUT2D eigenvalue weighted by molar-refractivity contribution is 5.94. The number of carbonyl (C=O) groups is 2. The van der Waals surface area contributed by atoms with Gasteiger partial charge in [0, 0.05) is 23.2 Å². The van der Waals surface area contributed by atoms with E-state index in [4.69, 9.17) is 0 Å². The van der Waals surface area contributed by atoms with E-state index in [1.54, 1.807) is 24.3 Å². The lowest BCUT2D eigenvalue weighted by Gasteiger charge is -2.24. The van der Waals surface area contributed by atoms with Crippen LogP contribution < -0.4 is 10.6 Å². The van der Waals surface area contributed by atoms with Gasteiger partial charge in [-0.2, -0.15) is 0 Å². The van der Waals surface area contributed by atoms with Crippen LogP contribution in [-0.4, -0.2) is 24.2 Å². The number of anilines is 2. The van der Waals surface area contributed by atoms with Gasteiger partial charge in [-0.1, -0.05) is 0 Å². The molecule has 2 fully saturated rings. The molecule has 6 heteroatoms. The third kappa shape index (κ3) is 5.02. The molecule has 0 saturated heterocycles. The van der Waals surface area contributed by atoms with Crippen LogP contribution >= 0.6 is 0 Å². The molecule has 0 spiro atoms. The fourth-order valence-electron chi connectivity index (χ4n) is 3.76. The van der Waals surface area contributed by atoms with Gasteiger partial charge < -0.3 is 10.6 Å². The van der Waals surface area contributed by atoms with Crippen LogP contribution in [0.4, 0.5) is 20.2 Å². The van der Waals surface area contributed by atoms with Crippen LogP contribution in [0.3, 0.4) is 0 Å². The van der Waals surface area contributed by atoms with E-state index in [9.17, 15) is 18.4 Å². The summed E-state index contributed by atoms with van der Waals surface area (Å²) < 4.78 is 26.3. The first kappa shape index (κ1) is 18.8. The molecular weight excluding hydrogens is 338 g/mol. The summed E-state index contributed by atoms with van der Waals surface area (Å²) in [6, 6.07) is 6.97. The van der Waals surface area contributed by atoms with E-state index < -0.39 is 12.3 Å². The van der Waals surface area contributed by atoms with Gasteiger partial charge in [0.1, 0.15) is 12.3 Å². The highest BCUT2D eigenvalue weighted by atomic mass is 19.1. The molecule has 2 N–H and O–H groups in total. The lowest BCUT2D eigenvalue weighted by Crippen LogP contribution is -2.28. The Kier molecular flexibility index (Phi) is 6.22. The van der Waals surface area contributed by atoms with E-state index >= 15 is 0 Å². The fraction of sp³-hybridized carbons (Fsp3) is 0.600. The van der Waals surface area contributed by atoms with E-state index in [1.807, 2.05) is 0 Å². The van der Waals surface area contributed by atoms with Crippen LogP contribution in [0.15, 0.2) is 24.3 Å². The Labute approximate surface area is 152 Å². The van der Waals surface area contributed by atoms with E-state index in [0.717, 1.165) is 0 Å². The van der Waals surface area contributed by atoms with Gasteiger partial charge in [0.05, 0.1) is 0 Å². The lowest BCUT2D eigenvalue weighted by atomic mass is 9.87. The molecule has 0 unspecified atom stereocenters. The number of rotatable bonds is 4. The molecule has 26 heavy (non-hydrogen) atoms. The Morgan fingerprint density at radius 2 is 0.962 bits per heavy atom. The molecule has 2 amide bonds. The third-order valence-corrected chi connectivity index (χ3v) is 5.48. The predicted molar refractivity (Wildman–Crippen MR) is 97.4 cm³/mol. The van der Waals surface area contributed by atoms with Crippen LogP contribution in [0, 0.1) is 11.8 Å². The molecular formula is C20H26F2N2O2. The van der Waals surface area contributed by atoms with Crippen molar-refractivity contribution in [2.24, 2.45) is 11.8 Å². The summed E-state index contributed by atoms with van der Waals surface area (Å²) in [5, 5.41) is 5.72. The molecule has 1 aromatic rings. The van der Waals surface area contributed by atoms with Crippen LogP contribution in [0.2, 0.25) is 0 Å². The summed E-state index contributed by atoms with van der Waals surface area (Å²) in [6.45, 7) is 0. The van der Waals surface area contributed by atoms with Crippen molar-refractivity contribution in [1.82, 2.24) is 0 Å². The van der Waals surface area contributed by atoms with Crippen LogP contribution in [0.5, 0.6) is 0 Å². The maximum atomic E-state index is 13.2. The predicted octanol–water partition coefficient (Wildman–Crippen LogP) is 4.62. The van der Waals surface area contributed by atoms with E-state index in [0.29, 0.717) is 62.7 Å². The maximum Gasteiger partial charge on any atom is 0.227 e. The highest BCUT2D eigenvalue weighted by Gasteiger charge is 2.27. The molecule has 0 bridgehead atoms. The molecule has 0 atom stereocenters. The largest absolute Gasteiger partial charge is 0.326 e. The number of hydrogen-bond acceptors (Lipinski definition) is 2. The minimum absolute atomic E-state index is 0.0725. The quantitative estimate of drug-likeness (QED) is 0.819. The molecule has 0 aromatic heterocycles. The van der Waals surface area contributed by atoms with Gasteiger partial charge >= 0.3 is 0 Å². The van der Waals surface area contributed by atoms with Crippen molar-refractivity contribution in [3.63, 3.8) is 0 Å². The molecule has 2 aliphatic carbocycles. The number of alkyl halides is 2. The van der Waals surface area contributed by atoms with Crippen molar-refractivity contribution in [2.75, 3.05) is 10.6 Å². The van der Waals surface area contributed by atoms with E-state index in [2.05, 4.69) is 10.6 Å². The van der Waals surface area contributed by atoms with E-state index in [1.165, 1.54) is 0 Å². The highest BCUT2D eigenvalue weighted by Crippen LogP contribution is 2.29. The van der Waals surface area contributed by atoms with Gasteiger partial charge in [0.2, 0.25) is 11.8 Å². The number of hydrogen-bond donors (Lipinski definition) is 2. The number of carbonyl (C=O) groups excluding carboxylic acids is 2. The second-order valence-corrected chi connectivity index (χ2v) is 7.45. The normalized spacial score (nSPS) is 29.0. The third-order valence-electron chi connectivity index (χ3n) is 5.48. The summed E-state index contributed by atoms with van der Waals surface area (Å²) in [7, 11) is 0. The Hall–Kier alpha value is -1.98. The van der Waals surface area contributed by atoms with Gasteiger partial charge in [0.25, 0.3) is 0 Å². The summed E-state index contributed by atoms with van der Waals surface area (Å²) in [6.07, 6.45) is 2.60. The van der Waals surface area contributed by atoms with Gasteiger partial charge in [-0.05, 0) is 75.6 Å². The zero-order valence-corrected chi connectivity index (χ0v) is 14.8. The first-order valence-electron chi connectivity index (χ1n) is 9.51. The summed E-state index contributed by atoms with van der Waals surface area (Å²) in [5.41, 5.74) is 1.32. The average Bonchev–Trinajstić information content (AvgIpc) is 2.64. The van der Waals surface area contributed by atoms with Crippen molar-refractivity contribution >= 4 is 23.2 Å². The summed E-state index contributed by atoms with van der Waals surface area (Å²) >= 11 is 0. The van der Waals surface area contributed by atoms with Gasteiger partial charge in [-0.15, -0.1) is 0 Å². The smallest absolute Gasteiger partial charge is 0.227 e. The SMILES string of the molecule is O=C(Nc1ccc(NC(=O)C2CCC(F)CC2)cc1)C1CCC(F)CC1. The number of amides is 2. The van der Waals surface area contributed by atoms with Gasteiger partial charge in [0.15, 0.2) is 0 Å². The van der Waals surface area contributed by atoms with Crippen molar-refractivity contribution in [3.8, 4) is 0 Å². The van der Waals surface area contributed by atoms with Crippen molar-refractivity contribution in [2.45, 2.75) is 63.7 Å². The fourth-order valence-corrected chi connectivity index (χ4v) is 3.76. The van der Waals surface area contributed by atoms with Gasteiger partial charge in [-0.3, -0.25) is 9.59 Å². The molecule has 0 aliphatic heterocycles. The lowest BCUT2D eigenvalue weighted by molar-refractivity contribution is -0.121. The standard InChI is InChI=1S/C20H26F2N2O2/c21-15-5-1-13(2-6-15)19(25)23-17-9-11-18(12-10-17)24-20(26)14-3-7-16(22)8-4-14/h9-16H,1-8H2,(H,23,25)(H,24,26). The number of nitrogens with one attached hydrogen (secondary N) is 2. The minimum Gasteiger partial charge on any atom is -0.326 e. The second-order valence-electron chi connectivity index (χ2n) is 7.45. The van der Waals surface area contributed by atoms with Gasteiger partial charge in [-0.25, -0.2) is 8.78 Å². The Balaban J connectivity index is 1.48. The second kappa shape index (κ2) is 8.60. The van der Waals surface area contributed by atoms with Crippen LogP contribution in [0.1, 0.15) is 51.4 Å². The average molecular weight is 364 g/mol. The number of halogens is 2. The Bertz CT molecular complexity index is 564. The topological polar surface area (TPSA) is 58.2 Å². The zero-order valence-electron chi connectivity index (χ0n) is 14.8. The van der Waals surface area contributed by atoms with E-state index in [-0.39, 0.29) is 23.7 Å². The molecule has 3 rings (SSSR count). The Morgan fingerprint density at radius 3 is 1.27 bits per heavy atom. The first-order chi connectivity index (χ1) is 12.5. The molecule has 1 aromatic carbocycles. The van der Waals surface area contributed by atoms with Crippen molar-refractivity contribution in [3.05, 3.63) is 24.3 Å². The molecule has 0 radical (unpaired) electrons. The molecule has 0 heterocycles. The monoisotopic (exact) mass is 364 g/mol. The van der Waals surface area contributed by atoms with Crippen molar-refractivity contribution in [1.29, 1.82) is 0 Å². The van der Waals surface area contributed by atoms with Crippen LogP contribution in [-0.2, 0) is 9.59 Å². The Morgan fingerprint density at radius 1 is 0.654 bits per heavy atom. The summed E-state index contributed by atoms with van der Waals surface area (Å²) in [4.78, 5) is 24.5. The molecule has 4 nitrogen and oxygen atoms in total.